The molecule has 0 unspecified atom stereocenters. The molecule has 0 saturated heterocycles. The molecule has 0 spiro atoms. The molecule has 0 aliphatic heterocycles. The topological polar surface area (TPSA) is 60.5 Å². The molecule has 0 bridgehead atoms. The Morgan fingerprint density at radius 2 is 1.67 bits per heavy atom. The number of ether oxygens (including phenoxy) is 2. The minimum Gasteiger partial charge on any atom is -0.493 e. The van der Waals surface area contributed by atoms with Crippen LogP contribution in [0.2, 0.25) is 0 Å². The van der Waals surface area contributed by atoms with Gasteiger partial charge in [-0.25, -0.2) is 0 Å². The van der Waals surface area contributed by atoms with Crippen molar-refractivity contribution in [1.82, 2.24) is 4.98 Å². The molecule has 5 heteroatoms. The summed E-state index contributed by atoms with van der Waals surface area (Å²) in [5.41, 5.74) is 3.62. The Morgan fingerprint density at radius 3 is 2.33 bits per heavy atom. The molecule has 0 atom stereocenters. The normalized spacial score (nSPS) is 10.3. The Kier molecular flexibility index (Phi) is 6.05. The molecule has 0 aliphatic rings. The van der Waals surface area contributed by atoms with Crippen LogP contribution < -0.4 is 14.8 Å². The van der Waals surface area contributed by atoms with Crippen LogP contribution in [0.4, 0.5) is 5.69 Å². The molecule has 1 heterocycles. The van der Waals surface area contributed by atoms with Gasteiger partial charge in [-0.3, -0.25) is 9.78 Å². The van der Waals surface area contributed by atoms with Gasteiger partial charge >= 0.3 is 0 Å². The van der Waals surface area contributed by atoms with Crippen LogP contribution in [0.15, 0.2) is 67.0 Å². The van der Waals surface area contributed by atoms with Gasteiger partial charge in [-0.1, -0.05) is 12.1 Å². The monoisotopic (exact) mass is 362 g/mol. The maximum absolute atomic E-state index is 12.5. The second kappa shape index (κ2) is 8.85. The number of carbonyl (C=O) groups is 1. The molecular weight excluding hydrogens is 340 g/mol. The summed E-state index contributed by atoms with van der Waals surface area (Å²) in [5.74, 6) is 0.967. The van der Waals surface area contributed by atoms with Gasteiger partial charge in [0.25, 0.3) is 5.91 Å². The fourth-order valence-electron chi connectivity index (χ4n) is 2.73. The van der Waals surface area contributed by atoms with Gasteiger partial charge in [-0.2, -0.15) is 0 Å². The first kappa shape index (κ1) is 18.5. The van der Waals surface area contributed by atoms with E-state index in [2.05, 4.69) is 10.3 Å². The molecule has 2 aromatic carbocycles. The first-order valence-corrected chi connectivity index (χ1v) is 8.79. The lowest BCUT2D eigenvalue weighted by Gasteiger charge is -2.11. The van der Waals surface area contributed by atoms with Gasteiger partial charge in [-0.15, -0.1) is 0 Å². The summed E-state index contributed by atoms with van der Waals surface area (Å²) >= 11 is 0. The number of pyridine rings is 1. The Bertz CT molecular complexity index is 893. The number of hydrogen-bond donors (Lipinski definition) is 1. The predicted octanol–water partition coefficient (Wildman–Crippen LogP) is 4.33. The number of benzene rings is 2. The Morgan fingerprint density at radius 1 is 0.963 bits per heavy atom. The van der Waals surface area contributed by atoms with Crippen LogP contribution in [0.3, 0.4) is 0 Å². The highest BCUT2D eigenvalue weighted by Gasteiger charge is 2.11. The number of nitrogens with zero attached hydrogens (tertiary/aromatic N) is 1. The molecule has 0 fully saturated rings. The van der Waals surface area contributed by atoms with E-state index in [9.17, 15) is 4.79 Å². The van der Waals surface area contributed by atoms with Crippen LogP contribution >= 0.6 is 0 Å². The number of amides is 1. The van der Waals surface area contributed by atoms with Gasteiger partial charge in [0.05, 0.1) is 13.7 Å². The third-order valence-electron chi connectivity index (χ3n) is 4.10. The summed E-state index contributed by atoms with van der Waals surface area (Å²) in [6.07, 6.45) is 4.40. The van der Waals surface area contributed by atoms with E-state index in [1.54, 1.807) is 37.7 Å². The summed E-state index contributed by atoms with van der Waals surface area (Å²) < 4.78 is 10.8. The average Bonchev–Trinajstić information content (AvgIpc) is 2.70. The van der Waals surface area contributed by atoms with Crippen molar-refractivity contribution in [3.05, 3.63) is 83.7 Å². The van der Waals surface area contributed by atoms with Crippen LogP contribution in [-0.2, 0) is 6.42 Å². The number of hydrogen-bond acceptors (Lipinski definition) is 4. The van der Waals surface area contributed by atoms with Crippen molar-refractivity contribution < 1.29 is 14.3 Å². The molecule has 138 valence electrons. The summed E-state index contributed by atoms with van der Waals surface area (Å²) in [4.78, 5) is 16.6. The number of aromatic nitrogens is 1. The van der Waals surface area contributed by atoms with Crippen LogP contribution in [0.25, 0.3) is 0 Å². The molecule has 27 heavy (non-hydrogen) atoms. The van der Waals surface area contributed by atoms with E-state index in [4.69, 9.17) is 9.47 Å². The Balaban J connectivity index is 1.68. The lowest BCUT2D eigenvalue weighted by atomic mass is 10.1. The van der Waals surface area contributed by atoms with Gasteiger partial charge in [0.2, 0.25) is 0 Å². The van der Waals surface area contributed by atoms with Gasteiger partial charge < -0.3 is 14.8 Å². The highest BCUT2D eigenvalue weighted by atomic mass is 16.5. The lowest BCUT2D eigenvalue weighted by molar-refractivity contribution is 0.102. The molecule has 3 aromatic rings. The molecule has 0 aliphatic carbocycles. The quantitative estimate of drug-likeness (QED) is 0.679. The van der Waals surface area contributed by atoms with Crippen molar-refractivity contribution in [1.29, 1.82) is 0 Å². The molecule has 0 saturated carbocycles. The highest BCUT2D eigenvalue weighted by Crippen LogP contribution is 2.28. The number of nitrogens with one attached hydrogen (secondary N) is 1. The zero-order valence-electron chi connectivity index (χ0n) is 15.4. The Labute approximate surface area is 159 Å². The van der Waals surface area contributed by atoms with E-state index in [0.29, 0.717) is 23.7 Å². The number of rotatable bonds is 7. The van der Waals surface area contributed by atoms with Crippen molar-refractivity contribution in [2.75, 3.05) is 19.0 Å². The van der Waals surface area contributed by atoms with E-state index in [1.807, 2.05) is 43.3 Å². The SMILES string of the molecule is CCOc1cc(C(=O)Nc2ccc(Cc3ccncc3)cc2)ccc1OC. The van der Waals surface area contributed by atoms with Gasteiger partial charge in [-0.05, 0) is 66.9 Å². The lowest BCUT2D eigenvalue weighted by Crippen LogP contribution is -2.12. The van der Waals surface area contributed by atoms with Crippen molar-refractivity contribution in [2.45, 2.75) is 13.3 Å². The summed E-state index contributed by atoms with van der Waals surface area (Å²) in [6, 6.07) is 17.0. The minimum atomic E-state index is -0.194. The predicted molar refractivity (Wildman–Crippen MR) is 106 cm³/mol. The molecule has 0 radical (unpaired) electrons. The van der Waals surface area contributed by atoms with Gasteiger partial charge in [0, 0.05) is 23.6 Å². The smallest absolute Gasteiger partial charge is 0.255 e. The number of anilines is 1. The standard InChI is InChI=1S/C22H22N2O3/c1-3-27-21-15-18(6-9-20(21)26-2)22(25)24-19-7-4-16(5-8-19)14-17-10-12-23-13-11-17/h4-13,15H,3,14H2,1-2H3,(H,24,25). The van der Waals surface area contributed by atoms with Crippen molar-refractivity contribution in [3.63, 3.8) is 0 Å². The maximum atomic E-state index is 12.5. The van der Waals surface area contributed by atoms with Crippen LogP contribution in [0.1, 0.15) is 28.4 Å². The molecule has 5 nitrogen and oxygen atoms in total. The van der Waals surface area contributed by atoms with Crippen molar-refractivity contribution >= 4 is 11.6 Å². The van der Waals surface area contributed by atoms with Crippen LogP contribution in [0.5, 0.6) is 11.5 Å². The zero-order chi connectivity index (χ0) is 19.1. The fourth-order valence-corrected chi connectivity index (χ4v) is 2.73. The maximum Gasteiger partial charge on any atom is 0.255 e. The van der Waals surface area contributed by atoms with Gasteiger partial charge in [0.1, 0.15) is 0 Å². The van der Waals surface area contributed by atoms with E-state index < -0.39 is 0 Å². The minimum absolute atomic E-state index is 0.194. The van der Waals surface area contributed by atoms with E-state index in [0.717, 1.165) is 12.1 Å². The fraction of sp³-hybridized carbons (Fsp3) is 0.182. The Hall–Kier alpha value is -3.34. The van der Waals surface area contributed by atoms with Crippen molar-refractivity contribution in [2.24, 2.45) is 0 Å². The van der Waals surface area contributed by atoms with E-state index in [-0.39, 0.29) is 5.91 Å². The second-order valence-corrected chi connectivity index (χ2v) is 5.98. The van der Waals surface area contributed by atoms with Crippen LogP contribution in [0, 0.1) is 0 Å². The molecule has 3 rings (SSSR count). The summed E-state index contributed by atoms with van der Waals surface area (Å²) in [7, 11) is 1.57. The van der Waals surface area contributed by atoms with E-state index >= 15 is 0 Å². The largest absolute Gasteiger partial charge is 0.493 e. The number of carbonyl (C=O) groups excluding carboxylic acids is 1. The molecular formula is C22H22N2O3. The number of methoxy groups -OCH3 is 1. The summed E-state index contributed by atoms with van der Waals surface area (Å²) in [5, 5.41) is 2.91. The first-order chi connectivity index (χ1) is 13.2. The van der Waals surface area contributed by atoms with E-state index in [1.165, 1.54) is 11.1 Å². The third-order valence-corrected chi connectivity index (χ3v) is 4.10. The highest BCUT2D eigenvalue weighted by molar-refractivity contribution is 6.04. The molecule has 1 N–H and O–H groups in total. The van der Waals surface area contributed by atoms with Gasteiger partial charge in [0.15, 0.2) is 11.5 Å². The third kappa shape index (κ3) is 4.85. The van der Waals surface area contributed by atoms with Crippen molar-refractivity contribution in [3.8, 4) is 11.5 Å². The second-order valence-electron chi connectivity index (χ2n) is 5.98. The molecule has 1 aromatic heterocycles. The average molecular weight is 362 g/mol. The summed E-state index contributed by atoms with van der Waals surface area (Å²) in [6.45, 7) is 2.39. The molecule has 1 amide bonds. The zero-order valence-corrected chi connectivity index (χ0v) is 15.4. The first-order valence-electron chi connectivity index (χ1n) is 8.79. The van der Waals surface area contributed by atoms with Crippen LogP contribution in [-0.4, -0.2) is 24.6 Å².